The molecule has 250 valence electrons. The number of nitrogen functional groups attached to an aromatic ring is 1. The van der Waals surface area contributed by atoms with Gasteiger partial charge in [-0.05, 0) is 49.9 Å². The molecule has 6 atom stereocenters. The minimum Gasteiger partial charge on any atom is -0.464 e. The first kappa shape index (κ1) is 33.8. The molecule has 1 aliphatic carbocycles. The fraction of sp³-hybridized carbons (Fsp3) is 0.467. The Morgan fingerprint density at radius 1 is 1.17 bits per heavy atom. The summed E-state index contributed by atoms with van der Waals surface area (Å²) in [5.41, 5.74) is 4.45. The summed E-state index contributed by atoms with van der Waals surface area (Å²) < 4.78 is 49.9. The second-order valence-corrected chi connectivity index (χ2v) is 13.0. The van der Waals surface area contributed by atoms with Crippen LogP contribution in [0.15, 0.2) is 48.8 Å². The van der Waals surface area contributed by atoms with Crippen molar-refractivity contribution in [2.75, 3.05) is 18.9 Å². The van der Waals surface area contributed by atoms with Gasteiger partial charge in [-0.1, -0.05) is 24.6 Å². The molecular formula is C30H35N6O10P. The maximum Gasteiger partial charge on any atom is 0.459 e. The first-order valence-electron chi connectivity index (χ1n) is 14.9. The predicted molar refractivity (Wildman–Crippen MR) is 162 cm³/mol. The summed E-state index contributed by atoms with van der Waals surface area (Å²) in [6.45, 7) is 3.06. The fourth-order valence-corrected chi connectivity index (χ4v) is 6.78. The number of carbonyl (C=O) groups excluding carboxylic acids is 3. The van der Waals surface area contributed by atoms with Crippen LogP contribution < -0.4 is 15.3 Å². The van der Waals surface area contributed by atoms with E-state index in [9.17, 15) is 24.2 Å². The third kappa shape index (κ3) is 7.55. The number of ether oxygens (including phenoxy) is 4. The van der Waals surface area contributed by atoms with Crippen molar-refractivity contribution in [1.29, 1.82) is 5.26 Å². The minimum absolute atomic E-state index is 0.126. The number of nitrogens with two attached hydrogens (primary N) is 1. The Bertz CT molecular complexity index is 1710. The normalized spacial score (nSPS) is 24.3. The topological polar surface area (TPSA) is 216 Å². The number of anilines is 1. The summed E-state index contributed by atoms with van der Waals surface area (Å²) in [7, 11) is -4.51. The molecule has 5 rings (SSSR count). The fourth-order valence-electron chi connectivity index (χ4n) is 5.26. The van der Waals surface area contributed by atoms with Crippen LogP contribution >= 0.6 is 7.75 Å². The number of aromatic nitrogens is 3. The molecule has 1 saturated heterocycles. The molecule has 0 bridgehead atoms. The third-order valence-corrected chi connectivity index (χ3v) is 9.41. The van der Waals surface area contributed by atoms with Gasteiger partial charge in [0, 0.05) is 13.8 Å². The quantitative estimate of drug-likeness (QED) is 0.152. The van der Waals surface area contributed by atoms with E-state index < -0.39 is 62.2 Å². The van der Waals surface area contributed by atoms with E-state index in [1.54, 1.807) is 30.3 Å². The van der Waals surface area contributed by atoms with Gasteiger partial charge in [0.25, 0.3) is 0 Å². The molecule has 3 heterocycles. The average Bonchev–Trinajstić information content (AvgIpc) is 3.56. The van der Waals surface area contributed by atoms with E-state index in [-0.39, 0.29) is 29.8 Å². The van der Waals surface area contributed by atoms with Crippen LogP contribution in [0.1, 0.15) is 51.8 Å². The second-order valence-electron chi connectivity index (χ2n) is 11.3. The molecule has 2 fully saturated rings. The summed E-state index contributed by atoms with van der Waals surface area (Å²) in [5.74, 6) is -1.72. The van der Waals surface area contributed by atoms with Gasteiger partial charge in [0.15, 0.2) is 18.0 Å². The molecular weight excluding hydrogens is 635 g/mol. The van der Waals surface area contributed by atoms with Crippen molar-refractivity contribution in [2.45, 2.75) is 70.0 Å². The lowest BCUT2D eigenvalue weighted by molar-refractivity contribution is -0.166. The highest BCUT2D eigenvalue weighted by Crippen LogP contribution is 2.50. The largest absolute Gasteiger partial charge is 0.464 e. The number of nitrogens with zero attached hydrogens (tertiary/aromatic N) is 4. The molecule has 0 radical (unpaired) electrons. The standard InChI is InChI=1S/C30H35N6O10P/c1-18(29(39)41-14-21-8-7-9-21)35-47(40,46-22-10-5-4-6-11-22)42-16-30(15-31)27(44-20(3)38)26(43-19(2)37)25(45-30)23-12-13-24-28(32)33-17-34-36(23)24/h4-6,10-13,17-18,21,25-27H,7-9,14,16H2,1-3H3,(H,35,40)(H2,32,33,34)/t18-,25-,26-,27-,30+,47?/m0/s1. The average molecular weight is 671 g/mol. The van der Waals surface area contributed by atoms with Gasteiger partial charge in [-0.15, -0.1) is 0 Å². The molecule has 1 saturated carbocycles. The number of nitrogens with one attached hydrogen (secondary N) is 1. The number of para-hydroxylation sites is 1. The Morgan fingerprint density at radius 2 is 1.89 bits per heavy atom. The van der Waals surface area contributed by atoms with Crippen molar-refractivity contribution in [3.05, 3.63) is 54.5 Å². The van der Waals surface area contributed by atoms with Crippen LogP contribution in [0, 0.1) is 17.2 Å². The molecule has 17 heteroatoms. The van der Waals surface area contributed by atoms with Crippen molar-refractivity contribution in [3.63, 3.8) is 0 Å². The van der Waals surface area contributed by atoms with Crippen molar-refractivity contribution in [3.8, 4) is 11.8 Å². The first-order valence-corrected chi connectivity index (χ1v) is 16.4. The van der Waals surface area contributed by atoms with Crippen molar-refractivity contribution < 1.29 is 46.9 Å². The molecule has 3 N–H and O–H groups in total. The van der Waals surface area contributed by atoms with E-state index in [4.69, 9.17) is 33.7 Å². The lowest BCUT2D eigenvalue weighted by atomic mass is 9.86. The number of fused-ring (bicyclic) bond motifs is 1. The van der Waals surface area contributed by atoms with E-state index in [2.05, 4.69) is 15.2 Å². The van der Waals surface area contributed by atoms with Crippen LogP contribution in [0.4, 0.5) is 5.82 Å². The zero-order chi connectivity index (χ0) is 33.8. The molecule has 2 aliphatic rings. The van der Waals surface area contributed by atoms with Gasteiger partial charge < -0.3 is 29.2 Å². The Kier molecular flexibility index (Phi) is 10.1. The number of nitriles is 1. The lowest BCUT2D eigenvalue weighted by Crippen LogP contribution is -2.49. The molecule has 0 amide bonds. The maximum atomic E-state index is 14.3. The van der Waals surface area contributed by atoms with Gasteiger partial charge >= 0.3 is 25.7 Å². The Balaban J connectivity index is 1.47. The number of benzene rings is 1. The van der Waals surface area contributed by atoms with Crippen LogP contribution in [-0.4, -0.2) is 69.6 Å². The summed E-state index contributed by atoms with van der Waals surface area (Å²) in [4.78, 5) is 41.4. The Morgan fingerprint density at radius 3 is 2.53 bits per heavy atom. The molecule has 1 aromatic carbocycles. The highest BCUT2D eigenvalue weighted by Gasteiger charge is 2.62. The van der Waals surface area contributed by atoms with Gasteiger partial charge in [-0.25, -0.2) is 14.1 Å². The molecule has 47 heavy (non-hydrogen) atoms. The van der Waals surface area contributed by atoms with Gasteiger partial charge in [-0.2, -0.15) is 15.4 Å². The number of carbonyl (C=O) groups is 3. The van der Waals surface area contributed by atoms with E-state index >= 15 is 0 Å². The third-order valence-electron chi connectivity index (χ3n) is 7.79. The Labute approximate surface area is 270 Å². The monoisotopic (exact) mass is 670 g/mol. The van der Waals surface area contributed by atoms with Crippen LogP contribution in [0.25, 0.3) is 5.52 Å². The molecule has 1 aliphatic heterocycles. The van der Waals surface area contributed by atoms with Gasteiger partial charge in [0.05, 0.1) is 12.3 Å². The van der Waals surface area contributed by atoms with Crippen molar-refractivity contribution in [2.24, 2.45) is 5.92 Å². The van der Waals surface area contributed by atoms with Gasteiger partial charge in [0.1, 0.15) is 42.4 Å². The zero-order valence-electron chi connectivity index (χ0n) is 25.9. The molecule has 2 aromatic heterocycles. The van der Waals surface area contributed by atoms with E-state index in [1.807, 2.05) is 6.07 Å². The van der Waals surface area contributed by atoms with Crippen LogP contribution in [0.3, 0.4) is 0 Å². The predicted octanol–water partition coefficient (Wildman–Crippen LogP) is 3.03. The number of rotatable bonds is 13. The summed E-state index contributed by atoms with van der Waals surface area (Å²) >= 11 is 0. The zero-order valence-corrected chi connectivity index (χ0v) is 26.8. The van der Waals surface area contributed by atoms with Crippen LogP contribution in [0.5, 0.6) is 5.75 Å². The summed E-state index contributed by atoms with van der Waals surface area (Å²) in [6, 6.07) is 12.0. The smallest absolute Gasteiger partial charge is 0.459 e. The SMILES string of the molecule is CC(=O)O[C@H]1[C@H](c2ccc3c(N)ncnn23)O[C@](C#N)(COP(=O)(N[C@@H](C)C(=O)OCC2CCC2)Oc2ccccc2)[C@H]1OC(C)=O. The number of esters is 3. The van der Waals surface area contributed by atoms with Gasteiger partial charge in [0.2, 0.25) is 5.60 Å². The lowest BCUT2D eigenvalue weighted by Gasteiger charge is -2.30. The highest BCUT2D eigenvalue weighted by molar-refractivity contribution is 7.52. The summed E-state index contributed by atoms with van der Waals surface area (Å²) in [6.07, 6.45) is -0.0400. The maximum absolute atomic E-state index is 14.3. The van der Waals surface area contributed by atoms with Crippen LogP contribution in [0.2, 0.25) is 0 Å². The summed E-state index contributed by atoms with van der Waals surface area (Å²) in [5, 5.41) is 17.3. The minimum atomic E-state index is -4.51. The second kappa shape index (κ2) is 14.1. The first-order chi connectivity index (χ1) is 22.4. The van der Waals surface area contributed by atoms with Gasteiger partial charge in [-0.3, -0.25) is 18.9 Å². The van der Waals surface area contributed by atoms with Crippen molar-refractivity contribution in [1.82, 2.24) is 19.7 Å². The molecule has 1 unspecified atom stereocenters. The number of hydrogen-bond acceptors (Lipinski definition) is 14. The van der Waals surface area contributed by atoms with Crippen LogP contribution in [-0.2, 0) is 42.4 Å². The van der Waals surface area contributed by atoms with E-state index in [1.165, 1.54) is 29.9 Å². The number of hydrogen-bond donors (Lipinski definition) is 2. The molecule has 0 spiro atoms. The van der Waals surface area contributed by atoms with E-state index in [0.29, 0.717) is 5.52 Å². The highest BCUT2D eigenvalue weighted by atomic mass is 31.2. The molecule has 3 aromatic rings. The molecule has 16 nitrogen and oxygen atoms in total. The van der Waals surface area contributed by atoms with E-state index in [0.717, 1.165) is 33.1 Å². The van der Waals surface area contributed by atoms with Crippen molar-refractivity contribution >= 4 is 37.0 Å². The Hall–Kier alpha value is -4.55.